The Morgan fingerprint density at radius 3 is 2.53 bits per heavy atom. The lowest BCUT2D eigenvalue weighted by atomic mass is 9.36. The highest BCUT2D eigenvalue weighted by Gasteiger charge is 2.69. The molecule has 9 rings (SSSR count). The van der Waals surface area contributed by atoms with Crippen LogP contribution in [0.15, 0.2) is 29.5 Å². The number of amides is 2. The highest BCUT2D eigenvalue weighted by molar-refractivity contribution is 5.95. The summed E-state index contributed by atoms with van der Waals surface area (Å²) in [6.45, 7) is 8.53. The molecule has 4 aromatic rings. The van der Waals surface area contributed by atoms with Gasteiger partial charge in [0.05, 0.1) is 11.7 Å². The summed E-state index contributed by atoms with van der Waals surface area (Å²) in [5, 5.41) is 22.8. The van der Waals surface area contributed by atoms with Gasteiger partial charge in [0.2, 0.25) is 17.2 Å². The molecule has 0 spiro atoms. The molecular weight excluding hydrogens is 631 g/mol. The van der Waals surface area contributed by atoms with Gasteiger partial charge in [-0.2, -0.15) is 0 Å². The standard InChI is InChI=1S/C34H39FN10O4/c1-5-21-27(42-11-12-43(23-9-8-22(23)42)32(49)26-28(47)19(4)37-17-38-26)29(48)25-31(41-45(40-25)30-20(35)7-6-10-36-30)44(21)13-24(46)39-34-14-33(15-34,16-34)18(2)3/h6-7,10,17-18,22-23,47H,5,8-9,11-16H2,1-4H3,(H,39,46)/t22-,23-,33?,34?/m0/s1. The summed E-state index contributed by atoms with van der Waals surface area (Å²) in [6.07, 6.45) is 7.42. The number of hydrogen-bond donors (Lipinski definition) is 2. The number of nitrogens with zero attached hydrogens (tertiary/aromatic N) is 9. The molecule has 4 aromatic heterocycles. The Morgan fingerprint density at radius 2 is 1.86 bits per heavy atom. The Morgan fingerprint density at radius 1 is 1.10 bits per heavy atom. The van der Waals surface area contributed by atoms with Crippen LogP contribution in [0.5, 0.6) is 5.75 Å². The van der Waals surface area contributed by atoms with Gasteiger partial charge in [-0.1, -0.05) is 20.8 Å². The summed E-state index contributed by atoms with van der Waals surface area (Å²) in [6, 6.07) is 2.30. The van der Waals surface area contributed by atoms with Crippen LogP contribution in [0.1, 0.15) is 74.8 Å². The molecule has 0 aromatic carbocycles. The molecule has 15 heteroatoms. The van der Waals surface area contributed by atoms with Gasteiger partial charge in [-0.05, 0) is 68.9 Å². The molecule has 1 saturated heterocycles. The zero-order valence-electron chi connectivity index (χ0n) is 28.0. The fraction of sp³-hybridized carbons (Fsp3) is 0.529. The summed E-state index contributed by atoms with van der Waals surface area (Å²) in [4.78, 5) is 58.7. The Hall–Kier alpha value is -4.95. The van der Waals surface area contributed by atoms with Gasteiger partial charge in [0, 0.05) is 36.6 Å². The van der Waals surface area contributed by atoms with Crippen LogP contribution in [-0.4, -0.2) is 87.0 Å². The number of fused-ring (bicyclic) bond motifs is 2. The summed E-state index contributed by atoms with van der Waals surface area (Å²) in [5.41, 5.74) is 1.22. The molecular formula is C34H39FN10O4. The zero-order valence-corrected chi connectivity index (χ0v) is 28.0. The molecule has 4 aliphatic carbocycles. The van der Waals surface area contributed by atoms with Gasteiger partial charge in [0.25, 0.3) is 5.91 Å². The fourth-order valence-electron chi connectivity index (χ4n) is 8.69. The molecule has 5 heterocycles. The molecule has 5 fully saturated rings. The first-order valence-corrected chi connectivity index (χ1v) is 17.0. The number of hydrogen-bond acceptors (Lipinski definition) is 10. The van der Waals surface area contributed by atoms with Gasteiger partial charge < -0.3 is 24.8 Å². The maximum absolute atomic E-state index is 14.9. The molecule has 0 unspecified atom stereocenters. The third-order valence-electron chi connectivity index (χ3n) is 11.5. The van der Waals surface area contributed by atoms with E-state index >= 15 is 0 Å². The number of nitrogens with one attached hydrogen (secondary N) is 1. The van der Waals surface area contributed by atoms with E-state index in [1.807, 2.05) is 11.8 Å². The lowest BCUT2D eigenvalue weighted by molar-refractivity contribution is -0.187. The first kappa shape index (κ1) is 31.3. The van der Waals surface area contributed by atoms with Crippen LogP contribution in [-0.2, 0) is 17.8 Å². The molecule has 5 aliphatic rings. The number of piperazine rings is 1. The third kappa shape index (κ3) is 4.64. The van der Waals surface area contributed by atoms with E-state index in [2.05, 4.69) is 44.3 Å². The van der Waals surface area contributed by atoms with Crippen LogP contribution in [0.25, 0.3) is 17.0 Å². The van der Waals surface area contributed by atoms with Crippen molar-refractivity contribution in [2.45, 2.75) is 90.4 Å². The number of aryl methyl sites for hydroxylation is 1. The van der Waals surface area contributed by atoms with E-state index < -0.39 is 5.82 Å². The molecule has 2 atom stereocenters. The van der Waals surface area contributed by atoms with E-state index in [1.54, 1.807) is 16.4 Å². The van der Waals surface area contributed by atoms with Crippen molar-refractivity contribution in [1.29, 1.82) is 0 Å². The number of anilines is 1. The highest BCUT2D eigenvalue weighted by atomic mass is 19.1. The van der Waals surface area contributed by atoms with Gasteiger partial charge in [-0.3, -0.25) is 14.4 Å². The average molecular weight is 671 g/mol. The van der Waals surface area contributed by atoms with Crippen molar-refractivity contribution in [3.05, 3.63) is 57.8 Å². The minimum Gasteiger partial charge on any atom is -0.504 e. The van der Waals surface area contributed by atoms with Crippen LogP contribution < -0.4 is 15.6 Å². The second kappa shape index (κ2) is 11.0. The normalized spacial score (nSPS) is 25.4. The van der Waals surface area contributed by atoms with Gasteiger partial charge in [0.15, 0.2) is 28.4 Å². The minimum atomic E-state index is -0.652. The molecule has 14 nitrogen and oxygen atoms in total. The summed E-state index contributed by atoms with van der Waals surface area (Å²) in [7, 11) is 0. The van der Waals surface area contributed by atoms with Crippen LogP contribution in [0.4, 0.5) is 10.1 Å². The van der Waals surface area contributed by atoms with Crippen LogP contribution in [0.2, 0.25) is 0 Å². The SMILES string of the molecule is CCc1c(N2CCN(C(=O)c3ncnc(C)c3O)[C@H]3CC[C@@H]32)c(=O)c2nn(-c3ncccc3F)nc2n1CC(=O)NC12CC(C(C)C)(C1)C2. The first-order valence-electron chi connectivity index (χ1n) is 17.0. The van der Waals surface area contributed by atoms with E-state index in [9.17, 15) is 23.9 Å². The van der Waals surface area contributed by atoms with Crippen LogP contribution in [0, 0.1) is 24.1 Å². The molecule has 2 bridgehead atoms. The minimum absolute atomic E-state index is 0.00471. The van der Waals surface area contributed by atoms with Gasteiger partial charge in [0.1, 0.15) is 18.6 Å². The smallest absolute Gasteiger partial charge is 0.276 e. The molecule has 0 radical (unpaired) electrons. The molecule has 2 N–H and O–H groups in total. The Bertz CT molecular complexity index is 2070. The monoisotopic (exact) mass is 670 g/mol. The first-order chi connectivity index (χ1) is 23.5. The summed E-state index contributed by atoms with van der Waals surface area (Å²) in [5.74, 6) is -1.06. The Balaban J connectivity index is 1.17. The highest BCUT2D eigenvalue weighted by Crippen LogP contribution is 2.70. The van der Waals surface area contributed by atoms with Crippen LogP contribution in [0.3, 0.4) is 0 Å². The number of carbonyl (C=O) groups excluding carboxylic acids is 2. The summed E-state index contributed by atoms with van der Waals surface area (Å²) >= 11 is 0. The van der Waals surface area contributed by atoms with Crippen molar-refractivity contribution in [3.63, 3.8) is 0 Å². The molecule has 49 heavy (non-hydrogen) atoms. The maximum atomic E-state index is 14.9. The maximum Gasteiger partial charge on any atom is 0.276 e. The van der Waals surface area contributed by atoms with Crippen molar-refractivity contribution >= 4 is 28.7 Å². The largest absolute Gasteiger partial charge is 0.504 e. The van der Waals surface area contributed by atoms with Gasteiger partial charge >= 0.3 is 0 Å². The lowest BCUT2D eigenvalue weighted by Gasteiger charge is -2.72. The average Bonchev–Trinajstić information content (AvgIpc) is 3.46. The van der Waals surface area contributed by atoms with E-state index in [0.717, 1.165) is 30.5 Å². The van der Waals surface area contributed by atoms with Crippen molar-refractivity contribution in [1.82, 2.24) is 44.7 Å². The number of aromatic hydroxyl groups is 1. The molecule has 2 amide bonds. The molecule has 4 saturated carbocycles. The van der Waals surface area contributed by atoms with Gasteiger partial charge in [-0.15, -0.1) is 15.0 Å². The van der Waals surface area contributed by atoms with E-state index in [1.165, 1.54) is 24.7 Å². The molecule has 256 valence electrons. The van der Waals surface area contributed by atoms with Gasteiger partial charge in [-0.25, -0.2) is 19.3 Å². The number of halogens is 1. The predicted molar refractivity (Wildman–Crippen MR) is 176 cm³/mol. The lowest BCUT2D eigenvalue weighted by Crippen LogP contribution is -2.76. The van der Waals surface area contributed by atoms with Crippen molar-refractivity contribution < 1.29 is 19.1 Å². The Labute approximate surface area is 281 Å². The predicted octanol–water partition coefficient (Wildman–Crippen LogP) is 2.67. The van der Waals surface area contributed by atoms with E-state index in [-0.39, 0.29) is 76.4 Å². The third-order valence-corrected chi connectivity index (χ3v) is 11.5. The second-order valence-electron chi connectivity index (χ2n) is 14.5. The Kier molecular flexibility index (Phi) is 7.06. The van der Waals surface area contributed by atoms with E-state index in [0.29, 0.717) is 47.8 Å². The van der Waals surface area contributed by atoms with Crippen molar-refractivity contribution in [2.75, 3.05) is 18.0 Å². The summed E-state index contributed by atoms with van der Waals surface area (Å²) < 4.78 is 16.6. The van der Waals surface area contributed by atoms with Crippen molar-refractivity contribution in [2.24, 2.45) is 11.3 Å². The fourth-order valence-corrected chi connectivity index (χ4v) is 8.69. The number of rotatable bonds is 8. The number of aromatic nitrogens is 7. The van der Waals surface area contributed by atoms with Crippen LogP contribution >= 0.6 is 0 Å². The number of carbonyl (C=O) groups is 2. The quantitative estimate of drug-likeness (QED) is 0.285. The second-order valence-corrected chi connectivity index (χ2v) is 14.5. The topological polar surface area (TPSA) is 164 Å². The van der Waals surface area contributed by atoms with E-state index in [4.69, 9.17) is 0 Å². The van der Waals surface area contributed by atoms with Crippen molar-refractivity contribution in [3.8, 4) is 11.6 Å². The number of pyridine rings is 2. The molecule has 1 aliphatic heterocycles. The zero-order chi connectivity index (χ0) is 34.4.